The molecule has 150 valence electrons. The van der Waals surface area contributed by atoms with Crippen LogP contribution in [0.15, 0.2) is 52.9 Å². The van der Waals surface area contributed by atoms with E-state index in [4.69, 9.17) is 4.74 Å². The molecule has 5 nitrogen and oxygen atoms in total. The Labute approximate surface area is 178 Å². The third-order valence-electron chi connectivity index (χ3n) is 4.59. The highest BCUT2D eigenvalue weighted by atomic mass is 32.2. The number of amides is 1. The van der Waals surface area contributed by atoms with Gasteiger partial charge in [0.2, 0.25) is 5.88 Å². The van der Waals surface area contributed by atoms with Crippen LogP contribution in [0.5, 0.6) is 5.88 Å². The van der Waals surface area contributed by atoms with E-state index in [0.29, 0.717) is 23.9 Å². The Hall–Kier alpha value is -2.38. The summed E-state index contributed by atoms with van der Waals surface area (Å²) in [6.07, 6.45) is 4.27. The van der Waals surface area contributed by atoms with Crippen molar-refractivity contribution in [1.29, 1.82) is 0 Å². The van der Waals surface area contributed by atoms with Crippen molar-refractivity contribution in [3.8, 4) is 5.88 Å². The molecule has 1 saturated carbocycles. The van der Waals surface area contributed by atoms with Gasteiger partial charge < -0.3 is 10.1 Å². The molecule has 1 aliphatic rings. The molecule has 0 atom stereocenters. The van der Waals surface area contributed by atoms with Crippen LogP contribution in [0.3, 0.4) is 0 Å². The number of ether oxygens (including phenoxy) is 1. The van der Waals surface area contributed by atoms with Crippen molar-refractivity contribution in [3.63, 3.8) is 0 Å². The lowest BCUT2D eigenvalue weighted by molar-refractivity contribution is 0.0948. The maximum atomic E-state index is 12.7. The zero-order valence-electron chi connectivity index (χ0n) is 16.3. The minimum absolute atomic E-state index is 0.0865. The molecule has 4 rings (SSSR count). The van der Waals surface area contributed by atoms with Gasteiger partial charge in [-0.3, -0.25) is 4.79 Å². The molecular formula is C22H23N3O2S2. The van der Waals surface area contributed by atoms with Crippen LogP contribution in [0.1, 0.15) is 39.5 Å². The monoisotopic (exact) mass is 425 g/mol. The molecule has 3 aromatic rings. The molecule has 0 radical (unpaired) electrons. The number of hydrogen-bond donors (Lipinski definition) is 1. The van der Waals surface area contributed by atoms with Crippen molar-refractivity contribution in [1.82, 2.24) is 15.3 Å². The SMILES string of the molecule is Cc1nc(CSc2ccccc2C(=O)NCc2ccc(OCC3CC3)nc2)cs1. The van der Waals surface area contributed by atoms with Gasteiger partial charge >= 0.3 is 0 Å². The van der Waals surface area contributed by atoms with Gasteiger partial charge in [0.05, 0.1) is 22.9 Å². The first-order valence-corrected chi connectivity index (χ1v) is 11.5. The van der Waals surface area contributed by atoms with Crippen LogP contribution in [-0.4, -0.2) is 22.5 Å². The number of pyridine rings is 1. The molecule has 29 heavy (non-hydrogen) atoms. The van der Waals surface area contributed by atoms with Crippen LogP contribution in [0.4, 0.5) is 0 Å². The predicted molar refractivity (Wildman–Crippen MR) is 116 cm³/mol. The number of carbonyl (C=O) groups is 1. The van der Waals surface area contributed by atoms with Crippen LogP contribution >= 0.6 is 23.1 Å². The standard InChI is InChI=1S/C22H23N3O2S2/c1-15-25-18(13-28-15)14-29-20-5-3-2-4-19(20)22(26)24-11-17-8-9-21(23-10-17)27-12-16-6-7-16/h2-5,8-10,13,16H,6-7,11-12,14H2,1H3,(H,24,26). The van der Waals surface area contributed by atoms with Gasteiger partial charge in [0, 0.05) is 34.8 Å². The van der Waals surface area contributed by atoms with Gasteiger partial charge in [-0.25, -0.2) is 9.97 Å². The Balaban J connectivity index is 1.32. The van der Waals surface area contributed by atoms with E-state index in [1.54, 1.807) is 29.3 Å². The molecule has 1 amide bonds. The largest absolute Gasteiger partial charge is 0.477 e. The molecule has 0 saturated heterocycles. The Bertz CT molecular complexity index is 968. The number of nitrogens with zero attached hydrogens (tertiary/aromatic N) is 2. The summed E-state index contributed by atoms with van der Waals surface area (Å²) in [4.78, 5) is 22.5. The highest BCUT2D eigenvalue weighted by molar-refractivity contribution is 7.98. The fourth-order valence-electron chi connectivity index (χ4n) is 2.77. The molecular weight excluding hydrogens is 402 g/mol. The Kier molecular flexibility index (Phi) is 6.46. The van der Waals surface area contributed by atoms with Gasteiger partial charge in [-0.05, 0) is 43.4 Å². The van der Waals surface area contributed by atoms with Crippen LogP contribution in [0, 0.1) is 12.8 Å². The molecule has 1 aromatic carbocycles. The Morgan fingerprint density at radius 2 is 2.14 bits per heavy atom. The van der Waals surface area contributed by atoms with Crippen molar-refractivity contribution < 1.29 is 9.53 Å². The van der Waals surface area contributed by atoms with E-state index in [0.717, 1.165) is 33.5 Å². The van der Waals surface area contributed by atoms with E-state index in [1.165, 1.54) is 12.8 Å². The predicted octanol–water partition coefficient (Wildman–Crippen LogP) is 4.86. The van der Waals surface area contributed by atoms with Gasteiger partial charge in [0.15, 0.2) is 0 Å². The highest BCUT2D eigenvalue weighted by Crippen LogP contribution is 2.29. The van der Waals surface area contributed by atoms with Crippen molar-refractivity contribution in [2.24, 2.45) is 5.92 Å². The second-order valence-corrected chi connectivity index (χ2v) is 9.16. The Morgan fingerprint density at radius 1 is 1.28 bits per heavy atom. The normalized spacial score (nSPS) is 13.3. The van der Waals surface area contributed by atoms with Gasteiger partial charge in [-0.1, -0.05) is 18.2 Å². The molecule has 1 aliphatic carbocycles. The Morgan fingerprint density at radius 3 is 2.86 bits per heavy atom. The molecule has 0 spiro atoms. The summed E-state index contributed by atoms with van der Waals surface area (Å²) < 4.78 is 5.65. The maximum absolute atomic E-state index is 12.7. The van der Waals surface area contributed by atoms with E-state index in [9.17, 15) is 4.79 Å². The minimum Gasteiger partial charge on any atom is -0.477 e. The number of carbonyl (C=O) groups excluding carboxylic acids is 1. The first-order chi connectivity index (χ1) is 14.2. The lowest BCUT2D eigenvalue weighted by Crippen LogP contribution is -2.23. The highest BCUT2D eigenvalue weighted by Gasteiger charge is 2.22. The molecule has 0 bridgehead atoms. The average molecular weight is 426 g/mol. The summed E-state index contributed by atoms with van der Waals surface area (Å²) in [5.74, 6) is 2.01. The van der Waals surface area contributed by atoms with Gasteiger partial charge in [0.25, 0.3) is 5.91 Å². The number of nitrogens with one attached hydrogen (secondary N) is 1. The van der Waals surface area contributed by atoms with Crippen LogP contribution in [-0.2, 0) is 12.3 Å². The van der Waals surface area contributed by atoms with E-state index in [2.05, 4.69) is 20.7 Å². The van der Waals surface area contributed by atoms with Crippen molar-refractivity contribution in [2.75, 3.05) is 6.61 Å². The number of thiazole rings is 1. The fourth-order valence-corrected chi connectivity index (χ4v) is 4.43. The van der Waals surface area contributed by atoms with Gasteiger partial charge in [0.1, 0.15) is 0 Å². The zero-order valence-corrected chi connectivity index (χ0v) is 17.9. The minimum atomic E-state index is -0.0865. The second-order valence-electron chi connectivity index (χ2n) is 7.08. The van der Waals surface area contributed by atoms with Crippen molar-refractivity contribution in [3.05, 3.63) is 69.8 Å². The number of rotatable bonds is 9. The van der Waals surface area contributed by atoms with Crippen molar-refractivity contribution in [2.45, 2.75) is 37.0 Å². The number of benzene rings is 1. The smallest absolute Gasteiger partial charge is 0.252 e. The number of aromatic nitrogens is 2. The zero-order chi connectivity index (χ0) is 20.1. The van der Waals surface area contributed by atoms with E-state index < -0.39 is 0 Å². The molecule has 7 heteroatoms. The summed E-state index contributed by atoms with van der Waals surface area (Å²) >= 11 is 3.28. The van der Waals surface area contributed by atoms with E-state index in [-0.39, 0.29) is 5.91 Å². The topological polar surface area (TPSA) is 64.1 Å². The molecule has 2 aromatic heterocycles. The summed E-state index contributed by atoms with van der Waals surface area (Å²) in [5, 5.41) is 6.12. The van der Waals surface area contributed by atoms with Crippen LogP contribution in [0.2, 0.25) is 0 Å². The van der Waals surface area contributed by atoms with E-state index >= 15 is 0 Å². The lowest BCUT2D eigenvalue weighted by Gasteiger charge is -2.10. The van der Waals surface area contributed by atoms with Gasteiger partial charge in [-0.2, -0.15) is 0 Å². The number of thioether (sulfide) groups is 1. The summed E-state index contributed by atoms with van der Waals surface area (Å²) in [6, 6.07) is 11.5. The third kappa shape index (κ3) is 5.81. The molecule has 0 aliphatic heterocycles. The van der Waals surface area contributed by atoms with Crippen molar-refractivity contribution >= 4 is 29.0 Å². The number of hydrogen-bond acceptors (Lipinski definition) is 6. The quantitative estimate of drug-likeness (QED) is 0.496. The van der Waals surface area contributed by atoms with Gasteiger partial charge in [-0.15, -0.1) is 23.1 Å². The second kappa shape index (κ2) is 9.41. The molecule has 1 N–H and O–H groups in total. The maximum Gasteiger partial charge on any atom is 0.252 e. The number of aryl methyl sites for hydroxylation is 1. The van der Waals surface area contributed by atoms with Crippen LogP contribution < -0.4 is 10.1 Å². The first kappa shape index (κ1) is 19.9. The third-order valence-corrected chi connectivity index (χ3v) is 6.52. The molecule has 1 fully saturated rings. The first-order valence-electron chi connectivity index (χ1n) is 9.66. The fraction of sp³-hybridized carbons (Fsp3) is 0.318. The van der Waals surface area contributed by atoms with E-state index in [1.807, 2.05) is 43.3 Å². The molecule has 0 unspecified atom stereocenters. The summed E-state index contributed by atoms with van der Waals surface area (Å²) in [6.45, 7) is 3.18. The average Bonchev–Trinajstić information content (AvgIpc) is 3.49. The summed E-state index contributed by atoms with van der Waals surface area (Å²) in [7, 11) is 0. The molecule has 2 heterocycles. The van der Waals surface area contributed by atoms with Crippen LogP contribution in [0.25, 0.3) is 0 Å². The summed E-state index contributed by atoms with van der Waals surface area (Å²) in [5.41, 5.74) is 2.67. The lowest BCUT2D eigenvalue weighted by atomic mass is 10.2.